The maximum atomic E-state index is 6.22. The van der Waals surface area contributed by atoms with Crippen LogP contribution in [0.4, 0.5) is 5.95 Å². The van der Waals surface area contributed by atoms with Crippen LogP contribution in [0.25, 0.3) is 10.9 Å². The van der Waals surface area contributed by atoms with Crippen LogP contribution in [-0.4, -0.2) is 17.0 Å². The van der Waals surface area contributed by atoms with Crippen LogP contribution in [0.15, 0.2) is 42.5 Å². The summed E-state index contributed by atoms with van der Waals surface area (Å²) in [4.78, 5) is 8.77. The van der Waals surface area contributed by atoms with Crippen LogP contribution in [0, 0.1) is 6.92 Å². The number of anilines is 1. The van der Waals surface area contributed by atoms with Crippen LogP contribution in [0.5, 0.6) is 11.6 Å². The number of hydrogen-bond acceptors (Lipinski definition) is 4. The van der Waals surface area contributed by atoms with Gasteiger partial charge >= 0.3 is 0 Å². The maximum Gasteiger partial charge on any atom is 0.232 e. The molecule has 0 saturated carbocycles. The number of aryl methyl sites for hydroxylation is 1. The van der Waals surface area contributed by atoms with Gasteiger partial charge in [-0.1, -0.05) is 29.8 Å². The van der Waals surface area contributed by atoms with Gasteiger partial charge in [0.05, 0.1) is 15.9 Å². The third-order valence-corrected chi connectivity index (χ3v) is 3.38. The summed E-state index contributed by atoms with van der Waals surface area (Å²) >= 11 is 6.22. The monoisotopic (exact) mass is 299 g/mol. The van der Waals surface area contributed by atoms with Crippen LogP contribution in [0.3, 0.4) is 0 Å². The standard InChI is InChI=1S/C16H14ClN3O/c1-10-7-8-14(12(17)9-10)21-15-11-5-3-4-6-13(11)19-16(18-2)20-15/h3-9H,1-2H3,(H,18,19,20). The van der Waals surface area contributed by atoms with E-state index in [1.54, 1.807) is 7.05 Å². The quantitative estimate of drug-likeness (QED) is 0.777. The Kier molecular flexibility index (Phi) is 3.62. The zero-order valence-electron chi connectivity index (χ0n) is 11.7. The van der Waals surface area contributed by atoms with Gasteiger partial charge in [0.15, 0.2) is 0 Å². The third-order valence-electron chi connectivity index (χ3n) is 3.09. The van der Waals surface area contributed by atoms with Gasteiger partial charge in [0.1, 0.15) is 5.75 Å². The predicted octanol–water partition coefficient (Wildman–Crippen LogP) is 4.43. The molecule has 0 aliphatic carbocycles. The van der Waals surface area contributed by atoms with Gasteiger partial charge in [-0.25, -0.2) is 4.98 Å². The van der Waals surface area contributed by atoms with Crippen LogP contribution >= 0.6 is 11.6 Å². The molecule has 0 aliphatic heterocycles. The molecule has 1 aromatic heterocycles. The van der Waals surface area contributed by atoms with Gasteiger partial charge in [-0.05, 0) is 36.8 Å². The first-order valence-electron chi connectivity index (χ1n) is 6.56. The number of para-hydroxylation sites is 1. The highest BCUT2D eigenvalue weighted by molar-refractivity contribution is 6.32. The topological polar surface area (TPSA) is 47.0 Å². The Morgan fingerprint density at radius 2 is 1.90 bits per heavy atom. The summed E-state index contributed by atoms with van der Waals surface area (Å²) in [6, 6.07) is 13.3. The normalized spacial score (nSPS) is 10.6. The highest BCUT2D eigenvalue weighted by Crippen LogP contribution is 2.33. The molecule has 0 radical (unpaired) electrons. The first-order chi connectivity index (χ1) is 10.2. The molecule has 1 heterocycles. The third kappa shape index (κ3) is 2.76. The molecule has 0 spiro atoms. The number of hydrogen-bond donors (Lipinski definition) is 1. The van der Waals surface area contributed by atoms with E-state index in [-0.39, 0.29) is 0 Å². The second kappa shape index (κ2) is 5.58. The van der Waals surface area contributed by atoms with Gasteiger partial charge in [-0.15, -0.1) is 0 Å². The van der Waals surface area contributed by atoms with E-state index in [4.69, 9.17) is 16.3 Å². The zero-order valence-corrected chi connectivity index (χ0v) is 12.5. The number of ether oxygens (including phenoxy) is 1. The molecule has 0 atom stereocenters. The molecule has 0 aliphatic rings. The lowest BCUT2D eigenvalue weighted by atomic mass is 10.2. The van der Waals surface area contributed by atoms with Crippen LogP contribution in [0.2, 0.25) is 5.02 Å². The lowest BCUT2D eigenvalue weighted by Crippen LogP contribution is -1.99. The van der Waals surface area contributed by atoms with Gasteiger partial charge in [0.2, 0.25) is 11.8 Å². The minimum Gasteiger partial charge on any atom is -0.437 e. The predicted molar refractivity (Wildman–Crippen MR) is 85.3 cm³/mol. The van der Waals surface area contributed by atoms with E-state index in [2.05, 4.69) is 15.3 Å². The SMILES string of the molecule is CNc1nc(Oc2ccc(C)cc2Cl)c2ccccc2n1. The van der Waals surface area contributed by atoms with Crippen molar-refractivity contribution in [2.45, 2.75) is 6.92 Å². The van der Waals surface area contributed by atoms with Crippen molar-refractivity contribution in [2.24, 2.45) is 0 Å². The minimum atomic E-state index is 0.482. The number of nitrogens with one attached hydrogen (secondary N) is 1. The fraction of sp³-hybridized carbons (Fsp3) is 0.125. The first-order valence-corrected chi connectivity index (χ1v) is 6.94. The van der Waals surface area contributed by atoms with Crippen molar-refractivity contribution in [1.29, 1.82) is 0 Å². The van der Waals surface area contributed by atoms with Crippen LogP contribution < -0.4 is 10.1 Å². The largest absolute Gasteiger partial charge is 0.437 e. The smallest absolute Gasteiger partial charge is 0.232 e. The lowest BCUT2D eigenvalue weighted by molar-refractivity contribution is 0.469. The van der Waals surface area contributed by atoms with Crippen LogP contribution in [0.1, 0.15) is 5.56 Å². The number of nitrogens with zero attached hydrogens (tertiary/aromatic N) is 2. The van der Waals surface area contributed by atoms with Gasteiger partial charge in [-0.3, -0.25) is 0 Å². The van der Waals surface area contributed by atoms with Crippen molar-refractivity contribution in [2.75, 3.05) is 12.4 Å². The molecule has 0 unspecified atom stereocenters. The van der Waals surface area contributed by atoms with E-state index in [9.17, 15) is 0 Å². The maximum absolute atomic E-state index is 6.22. The van der Waals surface area contributed by atoms with Crippen molar-refractivity contribution in [3.63, 3.8) is 0 Å². The fourth-order valence-electron chi connectivity index (χ4n) is 2.03. The molecule has 2 aromatic carbocycles. The number of benzene rings is 2. The summed E-state index contributed by atoms with van der Waals surface area (Å²) in [7, 11) is 1.77. The Hall–Kier alpha value is -2.33. The molecular weight excluding hydrogens is 286 g/mol. The second-order valence-electron chi connectivity index (χ2n) is 4.66. The number of fused-ring (bicyclic) bond motifs is 1. The summed E-state index contributed by atoms with van der Waals surface area (Å²) in [5, 5.41) is 4.33. The fourth-order valence-corrected chi connectivity index (χ4v) is 2.30. The van der Waals surface area contributed by atoms with E-state index in [1.807, 2.05) is 49.4 Å². The lowest BCUT2D eigenvalue weighted by Gasteiger charge is -2.11. The van der Waals surface area contributed by atoms with E-state index >= 15 is 0 Å². The Morgan fingerprint density at radius 1 is 1.10 bits per heavy atom. The molecular formula is C16H14ClN3O. The molecule has 0 fully saturated rings. The van der Waals surface area contributed by atoms with Crippen molar-refractivity contribution in [3.05, 3.63) is 53.1 Å². The van der Waals surface area contributed by atoms with E-state index in [0.29, 0.717) is 22.6 Å². The van der Waals surface area contributed by atoms with Crippen molar-refractivity contribution in [1.82, 2.24) is 9.97 Å². The second-order valence-corrected chi connectivity index (χ2v) is 5.06. The molecule has 3 rings (SSSR count). The van der Waals surface area contributed by atoms with Crippen LogP contribution in [-0.2, 0) is 0 Å². The molecule has 0 amide bonds. The first kappa shape index (κ1) is 13.6. The van der Waals surface area contributed by atoms with Gasteiger partial charge in [0.25, 0.3) is 0 Å². The van der Waals surface area contributed by atoms with E-state index < -0.39 is 0 Å². The molecule has 5 heteroatoms. The molecule has 21 heavy (non-hydrogen) atoms. The zero-order chi connectivity index (χ0) is 14.8. The average Bonchev–Trinajstić information content (AvgIpc) is 2.49. The molecule has 1 N–H and O–H groups in total. The van der Waals surface area contributed by atoms with Crippen molar-refractivity contribution >= 4 is 28.5 Å². The summed E-state index contributed by atoms with van der Waals surface area (Å²) in [5.41, 5.74) is 1.89. The number of rotatable bonds is 3. The number of halogens is 1. The Labute approximate surface area is 127 Å². The summed E-state index contributed by atoms with van der Waals surface area (Å²) in [6.45, 7) is 1.98. The van der Waals surface area contributed by atoms with E-state index in [1.165, 1.54) is 0 Å². The molecule has 4 nitrogen and oxygen atoms in total. The Bertz CT molecular complexity index is 805. The summed E-state index contributed by atoms with van der Waals surface area (Å²) in [6.07, 6.45) is 0. The summed E-state index contributed by atoms with van der Waals surface area (Å²) < 4.78 is 5.90. The minimum absolute atomic E-state index is 0.482. The van der Waals surface area contributed by atoms with Crippen molar-refractivity contribution < 1.29 is 4.74 Å². The number of aromatic nitrogens is 2. The van der Waals surface area contributed by atoms with Gasteiger partial charge in [-0.2, -0.15) is 4.98 Å². The average molecular weight is 300 g/mol. The molecule has 0 bridgehead atoms. The molecule has 0 saturated heterocycles. The molecule has 106 valence electrons. The highest BCUT2D eigenvalue weighted by atomic mass is 35.5. The van der Waals surface area contributed by atoms with E-state index in [0.717, 1.165) is 16.5 Å². The highest BCUT2D eigenvalue weighted by Gasteiger charge is 2.11. The Balaban J connectivity index is 2.10. The van der Waals surface area contributed by atoms with Gasteiger partial charge in [0, 0.05) is 7.05 Å². The Morgan fingerprint density at radius 3 is 2.67 bits per heavy atom. The van der Waals surface area contributed by atoms with Gasteiger partial charge < -0.3 is 10.1 Å². The summed E-state index contributed by atoms with van der Waals surface area (Å²) in [5.74, 6) is 1.57. The van der Waals surface area contributed by atoms with Crippen molar-refractivity contribution in [3.8, 4) is 11.6 Å². The molecule has 3 aromatic rings.